The fraction of sp³-hybridized carbons (Fsp3) is 0.600. The van der Waals surface area contributed by atoms with Crippen LogP contribution in [0.25, 0.3) is 0 Å². The molecule has 1 aromatic rings. The van der Waals surface area contributed by atoms with Gasteiger partial charge >= 0.3 is 0 Å². The highest BCUT2D eigenvalue weighted by Gasteiger charge is 2.21. The maximum absolute atomic E-state index is 12.4. The first-order valence-corrected chi connectivity index (χ1v) is 7.49. The molecule has 0 N–H and O–H groups in total. The van der Waals surface area contributed by atoms with Crippen LogP contribution in [-0.4, -0.2) is 28.9 Å². The molecule has 0 radical (unpaired) electrons. The van der Waals surface area contributed by atoms with Crippen molar-refractivity contribution in [1.29, 1.82) is 0 Å². The minimum absolute atomic E-state index is 0.0846. The Morgan fingerprint density at radius 2 is 2.26 bits per heavy atom. The number of carbonyl (C=O) groups excluding carboxylic acids is 1. The monoisotopic (exact) mass is 280 g/mol. The number of hydrogen-bond acceptors (Lipinski definition) is 2. The van der Waals surface area contributed by atoms with Crippen LogP contribution in [0.5, 0.6) is 0 Å². The maximum atomic E-state index is 12.4. The third kappa shape index (κ3) is 3.93. The van der Waals surface area contributed by atoms with E-state index in [0.717, 1.165) is 31.8 Å². The van der Waals surface area contributed by atoms with E-state index in [1.54, 1.807) is 18.3 Å². The van der Waals surface area contributed by atoms with Crippen molar-refractivity contribution in [3.05, 3.63) is 29.0 Å². The van der Waals surface area contributed by atoms with Gasteiger partial charge in [0.1, 0.15) is 5.15 Å². The Hall–Kier alpha value is -1.09. The zero-order valence-corrected chi connectivity index (χ0v) is 12.2. The number of likely N-dealkylation sites (tertiary alicyclic amines) is 1. The molecule has 19 heavy (non-hydrogen) atoms. The third-order valence-electron chi connectivity index (χ3n) is 3.81. The number of aromatic nitrogens is 1. The second-order valence-corrected chi connectivity index (χ2v) is 5.63. The predicted octanol–water partition coefficient (Wildman–Crippen LogP) is 3.78. The number of halogens is 1. The normalized spacial score (nSPS) is 20.1. The number of nitrogens with zero attached hydrogens (tertiary/aromatic N) is 2. The van der Waals surface area contributed by atoms with E-state index in [2.05, 4.69) is 11.9 Å². The minimum atomic E-state index is 0.0846. The second-order valence-electron chi connectivity index (χ2n) is 5.25. The summed E-state index contributed by atoms with van der Waals surface area (Å²) in [6, 6.07) is 3.43. The molecular weight excluding hydrogens is 260 g/mol. The lowest BCUT2D eigenvalue weighted by atomic mass is 9.96. The molecule has 1 fully saturated rings. The first kappa shape index (κ1) is 14.3. The Morgan fingerprint density at radius 3 is 2.95 bits per heavy atom. The molecule has 4 heteroatoms. The van der Waals surface area contributed by atoms with Gasteiger partial charge in [-0.2, -0.15) is 0 Å². The van der Waals surface area contributed by atoms with Crippen molar-refractivity contribution in [2.45, 2.75) is 39.0 Å². The van der Waals surface area contributed by atoms with Gasteiger partial charge in [-0.3, -0.25) is 4.79 Å². The van der Waals surface area contributed by atoms with E-state index in [0.29, 0.717) is 10.7 Å². The minimum Gasteiger partial charge on any atom is -0.339 e. The first-order chi connectivity index (χ1) is 9.20. The molecule has 2 rings (SSSR count). The van der Waals surface area contributed by atoms with Crippen LogP contribution >= 0.6 is 11.6 Å². The largest absolute Gasteiger partial charge is 0.339 e. The van der Waals surface area contributed by atoms with Gasteiger partial charge in [-0.25, -0.2) is 4.98 Å². The molecule has 0 aliphatic carbocycles. The van der Waals surface area contributed by atoms with Crippen molar-refractivity contribution < 1.29 is 4.79 Å². The standard InChI is InChI=1S/C15H21ClN2O/c1-2-4-12-5-3-9-18(10-8-12)15(19)13-6-7-14(16)17-11-13/h6-7,11-12H,2-5,8-10H2,1H3. The van der Waals surface area contributed by atoms with Crippen LogP contribution in [0.3, 0.4) is 0 Å². The topological polar surface area (TPSA) is 33.2 Å². The average molecular weight is 281 g/mol. The maximum Gasteiger partial charge on any atom is 0.255 e. The molecule has 1 saturated heterocycles. The van der Waals surface area contributed by atoms with E-state index >= 15 is 0 Å². The number of carbonyl (C=O) groups is 1. The van der Waals surface area contributed by atoms with Crippen LogP contribution in [-0.2, 0) is 0 Å². The van der Waals surface area contributed by atoms with Crippen molar-refractivity contribution in [2.24, 2.45) is 5.92 Å². The molecule has 0 aromatic carbocycles. The molecule has 1 aromatic heterocycles. The van der Waals surface area contributed by atoms with Gasteiger partial charge in [0.2, 0.25) is 0 Å². The number of amides is 1. The first-order valence-electron chi connectivity index (χ1n) is 7.11. The Balaban J connectivity index is 1.98. The second kappa shape index (κ2) is 6.90. The van der Waals surface area contributed by atoms with Crippen LogP contribution in [0, 0.1) is 5.92 Å². The molecular formula is C15H21ClN2O. The highest BCUT2D eigenvalue weighted by molar-refractivity contribution is 6.29. The van der Waals surface area contributed by atoms with Gasteiger partial charge in [0.05, 0.1) is 5.56 Å². The summed E-state index contributed by atoms with van der Waals surface area (Å²) < 4.78 is 0. The quantitative estimate of drug-likeness (QED) is 0.790. The summed E-state index contributed by atoms with van der Waals surface area (Å²) in [6.45, 7) is 3.96. The van der Waals surface area contributed by atoms with Gasteiger partial charge in [0.15, 0.2) is 0 Å². The molecule has 0 bridgehead atoms. The van der Waals surface area contributed by atoms with Crippen molar-refractivity contribution in [3.63, 3.8) is 0 Å². The molecule has 3 nitrogen and oxygen atoms in total. The van der Waals surface area contributed by atoms with Crippen molar-refractivity contribution >= 4 is 17.5 Å². The third-order valence-corrected chi connectivity index (χ3v) is 4.03. The smallest absolute Gasteiger partial charge is 0.255 e. The Morgan fingerprint density at radius 1 is 1.42 bits per heavy atom. The van der Waals surface area contributed by atoms with Crippen LogP contribution in [0.2, 0.25) is 5.15 Å². The van der Waals surface area contributed by atoms with Crippen molar-refractivity contribution in [2.75, 3.05) is 13.1 Å². The molecule has 104 valence electrons. The predicted molar refractivity (Wildman–Crippen MR) is 77.4 cm³/mol. The van der Waals surface area contributed by atoms with Crippen LogP contribution in [0.15, 0.2) is 18.3 Å². The Bertz CT molecular complexity index is 419. The van der Waals surface area contributed by atoms with Crippen LogP contribution in [0.1, 0.15) is 49.4 Å². The van der Waals surface area contributed by atoms with Crippen molar-refractivity contribution in [3.8, 4) is 0 Å². The molecule has 0 saturated carbocycles. The highest BCUT2D eigenvalue weighted by Crippen LogP contribution is 2.22. The van der Waals surface area contributed by atoms with Gasteiger partial charge in [-0.15, -0.1) is 0 Å². The number of hydrogen-bond donors (Lipinski definition) is 0. The van der Waals surface area contributed by atoms with E-state index in [4.69, 9.17) is 11.6 Å². The van der Waals surface area contributed by atoms with E-state index < -0.39 is 0 Å². The lowest BCUT2D eigenvalue weighted by molar-refractivity contribution is 0.0759. The lowest BCUT2D eigenvalue weighted by Crippen LogP contribution is -2.32. The zero-order chi connectivity index (χ0) is 13.7. The zero-order valence-electron chi connectivity index (χ0n) is 11.4. The van der Waals surface area contributed by atoms with E-state index in [9.17, 15) is 4.79 Å². The van der Waals surface area contributed by atoms with Crippen LogP contribution in [0.4, 0.5) is 0 Å². The summed E-state index contributed by atoms with van der Waals surface area (Å²) in [7, 11) is 0. The molecule has 1 aliphatic rings. The molecule has 1 aliphatic heterocycles. The van der Waals surface area contributed by atoms with E-state index in [1.807, 2.05) is 4.90 Å². The summed E-state index contributed by atoms with van der Waals surface area (Å²) >= 11 is 5.75. The number of pyridine rings is 1. The van der Waals surface area contributed by atoms with Gasteiger partial charge in [0, 0.05) is 19.3 Å². The lowest BCUT2D eigenvalue weighted by Gasteiger charge is -2.20. The van der Waals surface area contributed by atoms with Gasteiger partial charge in [-0.05, 0) is 37.3 Å². The van der Waals surface area contributed by atoms with Crippen LogP contribution < -0.4 is 0 Å². The van der Waals surface area contributed by atoms with Crippen molar-refractivity contribution in [1.82, 2.24) is 9.88 Å². The highest BCUT2D eigenvalue weighted by atomic mass is 35.5. The SMILES string of the molecule is CCCC1CCCN(C(=O)c2ccc(Cl)nc2)CC1. The fourth-order valence-electron chi connectivity index (χ4n) is 2.75. The summed E-state index contributed by atoms with van der Waals surface area (Å²) in [6.07, 6.45) is 7.57. The number of rotatable bonds is 3. The summed E-state index contributed by atoms with van der Waals surface area (Å²) in [5.41, 5.74) is 0.637. The van der Waals surface area contributed by atoms with E-state index in [-0.39, 0.29) is 5.91 Å². The summed E-state index contributed by atoms with van der Waals surface area (Å²) in [5.74, 6) is 0.868. The van der Waals surface area contributed by atoms with E-state index in [1.165, 1.54) is 19.3 Å². The molecule has 0 spiro atoms. The Kier molecular flexibility index (Phi) is 5.20. The molecule has 1 atom stereocenters. The molecule has 2 heterocycles. The van der Waals surface area contributed by atoms with Gasteiger partial charge in [-0.1, -0.05) is 31.4 Å². The molecule has 1 amide bonds. The summed E-state index contributed by atoms with van der Waals surface area (Å²) in [4.78, 5) is 18.3. The Labute approximate surface area is 120 Å². The van der Waals surface area contributed by atoms with Gasteiger partial charge < -0.3 is 4.90 Å². The molecule has 1 unspecified atom stereocenters. The summed E-state index contributed by atoms with van der Waals surface area (Å²) in [5, 5.41) is 0.426. The average Bonchev–Trinajstić information content (AvgIpc) is 2.65. The van der Waals surface area contributed by atoms with Gasteiger partial charge in [0.25, 0.3) is 5.91 Å². The fourth-order valence-corrected chi connectivity index (χ4v) is 2.86.